The van der Waals surface area contributed by atoms with E-state index in [-0.39, 0.29) is 11.2 Å². The van der Waals surface area contributed by atoms with Crippen molar-refractivity contribution in [1.82, 2.24) is 25.5 Å². The summed E-state index contributed by atoms with van der Waals surface area (Å²) < 4.78 is 1.67. The Morgan fingerprint density at radius 2 is 1.85 bits per heavy atom. The number of aryl methyl sites for hydroxylation is 3. The number of nitrogens with zero attached hydrogens (tertiary/aromatic N) is 4. The fourth-order valence-corrected chi connectivity index (χ4v) is 3.35. The van der Waals surface area contributed by atoms with Crippen molar-refractivity contribution in [3.8, 4) is 5.69 Å². The third-order valence-corrected chi connectivity index (χ3v) is 5.45. The van der Waals surface area contributed by atoms with Crippen molar-refractivity contribution < 1.29 is 4.79 Å². The van der Waals surface area contributed by atoms with Crippen molar-refractivity contribution >= 4 is 17.7 Å². The predicted molar refractivity (Wildman–Crippen MR) is 107 cm³/mol. The third-order valence-electron chi connectivity index (χ3n) is 4.41. The van der Waals surface area contributed by atoms with Gasteiger partial charge in [-0.15, -0.1) is 5.10 Å². The second kappa shape index (κ2) is 8.35. The van der Waals surface area contributed by atoms with Crippen molar-refractivity contribution in [2.45, 2.75) is 44.6 Å². The highest BCUT2D eigenvalue weighted by Gasteiger charge is 2.19. The number of aromatic nitrogens is 4. The van der Waals surface area contributed by atoms with Gasteiger partial charge in [-0.05, 0) is 66.9 Å². The first-order valence-electron chi connectivity index (χ1n) is 8.80. The highest BCUT2D eigenvalue weighted by Crippen LogP contribution is 2.24. The lowest BCUT2D eigenvalue weighted by Crippen LogP contribution is -2.30. The van der Waals surface area contributed by atoms with Gasteiger partial charge in [-0.3, -0.25) is 4.79 Å². The smallest absolute Gasteiger partial charge is 0.233 e. The molecule has 1 N–H and O–H groups in total. The SMILES string of the molecule is Cc1ccc(CNC(=O)[C@H](C)Sc2nnnn2-c2ccc(C)c(C)c2)cc1. The Hall–Kier alpha value is -2.67. The molecule has 3 rings (SSSR count). The zero-order valence-electron chi connectivity index (χ0n) is 15.9. The fraction of sp³-hybridized carbons (Fsp3) is 0.300. The van der Waals surface area contributed by atoms with Gasteiger partial charge in [0.05, 0.1) is 10.9 Å². The zero-order valence-corrected chi connectivity index (χ0v) is 16.7. The van der Waals surface area contributed by atoms with Gasteiger partial charge in [0.2, 0.25) is 11.1 Å². The second-order valence-electron chi connectivity index (χ2n) is 6.61. The molecule has 27 heavy (non-hydrogen) atoms. The fourth-order valence-electron chi connectivity index (χ4n) is 2.52. The normalized spacial score (nSPS) is 12.0. The van der Waals surface area contributed by atoms with Crippen LogP contribution in [0.1, 0.15) is 29.2 Å². The van der Waals surface area contributed by atoms with Crippen LogP contribution in [0.4, 0.5) is 0 Å². The summed E-state index contributed by atoms with van der Waals surface area (Å²) >= 11 is 1.34. The molecule has 0 fully saturated rings. The summed E-state index contributed by atoms with van der Waals surface area (Å²) in [6.45, 7) is 8.52. The maximum absolute atomic E-state index is 12.4. The van der Waals surface area contributed by atoms with E-state index in [0.29, 0.717) is 11.7 Å². The number of amides is 1. The molecule has 0 aliphatic carbocycles. The molecular formula is C20H23N5OS. The molecule has 0 saturated heterocycles. The van der Waals surface area contributed by atoms with Crippen molar-refractivity contribution in [3.05, 3.63) is 64.7 Å². The van der Waals surface area contributed by atoms with Crippen LogP contribution < -0.4 is 5.32 Å². The minimum Gasteiger partial charge on any atom is -0.351 e. The summed E-state index contributed by atoms with van der Waals surface area (Å²) in [5, 5.41) is 15.2. The Labute approximate surface area is 163 Å². The predicted octanol–water partition coefficient (Wildman–Crippen LogP) is 3.38. The second-order valence-corrected chi connectivity index (χ2v) is 7.91. The zero-order chi connectivity index (χ0) is 19.4. The van der Waals surface area contributed by atoms with Crippen LogP contribution in [0.25, 0.3) is 5.69 Å². The number of benzene rings is 2. The summed E-state index contributed by atoms with van der Waals surface area (Å²) in [6, 6.07) is 14.2. The third kappa shape index (κ3) is 4.74. The Bertz CT molecular complexity index is 936. The molecule has 0 bridgehead atoms. The lowest BCUT2D eigenvalue weighted by molar-refractivity contribution is -0.120. The molecular weight excluding hydrogens is 358 g/mol. The Morgan fingerprint density at radius 1 is 1.11 bits per heavy atom. The van der Waals surface area contributed by atoms with E-state index in [1.54, 1.807) is 4.68 Å². The molecule has 0 unspecified atom stereocenters. The van der Waals surface area contributed by atoms with E-state index in [9.17, 15) is 4.79 Å². The maximum atomic E-state index is 12.4. The van der Waals surface area contributed by atoms with Crippen LogP contribution >= 0.6 is 11.8 Å². The van der Waals surface area contributed by atoms with Crippen LogP contribution in [0, 0.1) is 20.8 Å². The number of carbonyl (C=O) groups excluding carboxylic acids is 1. The summed E-state index contributed by atoms with van der Waals surface area (Å²) in [7, 11) is 0. The average Bonchev–Trinajstić information content (AvgIpc) is 3.11. The Morgan fingerprint density at radius 3 is 2.56 bits per heavy atom. The molecule has 140 valence electrons. The minimum atomic E-state index is -0.313. The standard InChI is InChI=1S/C20H23N5OS/c1-13-5-8-17(9-6-13)12-21-19(26)16(4)27-20-22-23-24-25(20)18-10-7-14(2)15(3)11-18/h5-11,16H,12H2,1-4H3,(H,21,26)/t16-/m0/s1. The van der Waals surface area contributed by atoms with Gasteiger partial charge in [0.15, 0.2) is 0 Å². The molecule has 3 aromatic rings. The number of rotatable bonds is 6. The average molecular weight is 382 g/mol. The van der Waals surface area contributed by atoms with E-state index in [0.717, 1.165) is 11.3 Å². The molecule has 1 atom stereocenters. The van der Waals surface area contributed by atoms with Crippen LogP contribution in [-0.2, 0) is 11.3 Å². The van der Waals surface area contributed by atoms with Gasteiger partial charge >= 0.3 is 0 Å². The highest BCUT2D eigenvalue weighted by molar-refractivity contribution is 8.00. The quantitative estimate of drug-likeness (QED) is 0.663. The lowest BCUT2D eigenvalue weighted by Gasteiger charge is -2.12. The molecule has 1 amide bonds. The van der Waals surface area contributed by atoms with Crippen molar-refractivity contribution in [2.24, 2.45) is 0 Å². The Kier molecular flexibility index (Phi) is 5.91. The summed E-state index contributed by atoms with van der Waals surface area (Å²) in [5.74, 6) is -0.0461. The first-order chi connectivity index (χ1) is 12.9. The topological polar surface area (TPSA) is 72.7 Å². The lowest BCUT2D eigenvalue weighted by atomic mass is 10.1. The number of nitrogens with one attached hydrogen (secondary N) is 1. The van der Waals surface area contributed by atoms with Gasteiger partial charge in [0.1, 0.15) is 0 Å². The van der Waals surface area contributed by atoms with E-state index in [1.165, 1.54) is 28.5 Å². The van der Waals surface area contributed by atoms with Gasteiger partial charge < -0.3 is 5.32 Å². The minimum absolute atomic E-state index is 0.0461. The van der Waals surface area contributed by atoms with E-state index < -0.39 is 0 Å². The van der Waals surface area contributed by atoms with Crippen LogP contribution in [0.2, 0.25) is 0 Å². The van der Waals surface area contributed by atoms with Gasteiger partial charge in [-0.25, -0.2) is 0 Å². The highest BCUT2D eigenvalue weighted by atomic mass is 32.2. The summed E-state index contributed by atoms with van der Waals surface area (Å²) in [5.41, 5.74) is 5.55. The van der Waals surface area contributed by atoms with Crippen LogP contribution in [0.3, 0.4) is 0 Å². The molecule has 0 aliphatic heterocycles. The number of hydrogen-bond acceptors (Lipinski definition) is 5. The number of carbonyl (C=O) groups is 1. The van der Waals surface area contributed by atoms with E-state index in [1.807, 2.05) is 56.3 Å². The van der Waals surface area contributed by atoms with Crippen molar-refractivity contribution in [3.63, 3.8) is 0 Å². The number of tetrazole rings is 1. The van der Waals surface area contributed by atoms with Gasteiger partial charge in [-0.1, -0.05) is 47.7 Å². The summed E-state index contributed by atoms with van der Waals surface area (Å²) in [4.78, 5) is 12.4. The first-order valence-corrected chi connectivity index (χ1v) is 9.68. The monoisotopic (exact) mass is 381 g/mol. The number of hydrogen-bond donors (Lipinski definition) is 1. The van der Waals surface area contributed by atoms with Crippen LogP contribution in [0.5, 0.6) is 0 Å². The van der Waals surface area contributed by atoms with E-state index in [2.05, 4.69) is 34.7 Å². The van der Waals surface area contributed by atoms with E-state index in [4.69, 9.17) is 0 Å². The van der Waals surface area contributed by atoms with Gasteiger partial charge in [-0.2, -0.15) is 4.68 Å². The molecule has 1 heterocycles. The molecule has 0 spiro atoms. The first kappa shape index (κ1) is 19.1. The summed E-state index contributed by atoms with van der Waals surface area (Å²) in [6.07, 6.45) is 0. The Balaban J connectivity index is 1.64. The molecule has 0 aliphatic rings. The van der Waals surface area contributed by atoms with Crippen LogP contribution in [-0.4, -0.2) is 31.4 Å². The molecule has 6 nitrogen and oxygen atoms in total. The number of thioether (sulfide) groups is 1. The van der Waals surface area contributed by atoms with Crippen molar-refractivity contribution in [1.29, 1.82) is 0 Å². The van der Waals surface area contributed by atoms with Crippen molar-refractivity contribution in [2.75, 3.05) is 0 Å². The van der Waals surface area contributed by atoms with E-state index >= 15 is 0 Å². The largest absolute Gasteiger partial charge is 0.351 e. The molecule has 1 aromatic heterocycles. The molecule has 2 aromatic carbocycles. The molecule has 7 heteroatoms. The molecule has 0 radical (unpaired) electrons. The van der Waals surface area contributed by atoms with Gasteiger partial charge in [0.25, 0.3) is 0 Å². The van der Waals surface area contributed by atoms with Gasteiger partial charge in [0, 0.05) is 6.54 Å². The maximum Gasteiger partial charge on any atom is 0.233 e. The van der Waals surface area contributed by atoms with Crippen LogP contribution in [0.15, 0.2) is 47.6 Å². The molecule has 0 saturated carbocycles.